The van der Waals surface area contributed by atoms with E-state index in [1.165, 1.54) is 6.92 Å². The van der Waals surface area contributed by atoms with Gasteiger partial charge in [-0.2, -0.15) is 0 Å². The Labute approximate surface area is 313 Å². The molecule has 10 N–H and O–H groups in total. The molecule has 5 rings (SSSR count). The molecule has 292 valence electrons. The maximum Gasteiger partial charge on any atom is 0.341 e. The number of piperidine rings is 1. The standard InChI is InChI=1S/C37H66N6O6S2/c1-25(44)49-30-10-9-27-18-28(34(47)35-31(27)8-6-15-48-35)22-43-23-37(21-33(43)46,20-26-11-13-40-32(38)17-26)12-14-41-36(39)42-24-51-50-16-5-3-2-4-7-29(45)19-30/h26-32,34-35,40,45,47H,2-24,38H2,1H3,(H3,39,41,42)/p+2/t26?,27?,28?,29-,30-,31?,32?,34?,35?,37-/m0/s1. The SMILES string of the molecule is CC(=O)O[C@H]1CCC2CC(CN3C[C@](CC4CC[NH2+]C(N)C4)(CCNC(N)=[NH+]CSSCCCCCC[C@H](O)C1)CC3=O)C(O)C1OCCCC21. The van der Waals surface area contributed by atoms with Crippen molar-refractivity contribution in [2.45, 2.75) is 140 Å². The minimum atomic E-state index is -0.627. The quantitative estimate of drug-likeness (QED) is 0.159. The first-order chi connectivity index (χ1) is 24.6. The van der Waals surface area contributed by atoms with E-state index in [9.17, 15) is 19.8 Å². The molecule has 4 fully saturated rings. The first-order valence-electron chi connectivity index (χ1n) is 20.0. The van der Waals surface area contributed by atoms with Crippen molar-refractivity contribution in [2.75, 3.05) is 44.4 Å². The fraction of sp³-hybridized carbons (Fsp3) is 0.919. The molecule has 14 heteroatoms. The van der Waals surface area contributed by atoms with Gasteiger partial charge in [0.1, 0.15) is 18.1 Å². The van der Waals surface area contributed by atoms with Gasteiger partial charge in [0.05, 0.1) is 31.4 Å². The lowest BCUT2D eigenvalue weighted by molar-refractivity contribution is -0.699. The van der Waals surface area contributed by atoms with Crippen LogP contribution in [-0.4, -0.2) is 108 Å². The molecule has 4 bridgehead atoms. The number of ether oxygens (including phenoxy) is 2. The molecule has 0 aromatic rings. The normalized spacial score (nSPS) is 38.9. The summed E-state index contributed by atoms with van der Waals surface area (Å²) >= 11 is 0. The van der Waals surface area contributed by atoms with Gasteiger partial charge >= 0.3 is 11.9 Å². The lowest BCUT2D eigenvalue weighted by Crippen LogP contribution is -2.94. The zero-order valence-corrected chi connectivity index (χ0v) is 32.6. The number of nitrogens with two attached hydrogens (primary N) is 3. The van der Waals surface area contributed by atoms with Crippen molar-refractivity contribution in [3.8, 4) is 0 Å². The van der Waals surface area contributed by atoms with E-state index in [0.29, 0.717) is 69.7 Å². The lowest BCUT2D eigenvalue weighted by atomic mass is 9.66. The summed E-state index contributed by atoms with van der Waals surface area (Å²) in [6.45, 7) is 5.00. The number of esters is 1. The Kier molecular flexibility index (Phi) is 16.4. The van der Waals surface area contributed by atoms with Gasteiger partial charge < -0.3 is 29.9 Å². The van der Waals surface area contributed by atoms with Crippen LogP contribution in [0.3, 0.4) is 0 Å². The largest absolute Gasteiger partial charge is 0.462 e. The van der Waals surface area contributed by atoms with Gasteiger partial charge in [-0.05, 0) is 87.4 Å². The number of aliphatic hydroxyl groups is 2. The van der Waals surface area contributed by atoms with Gasteiger partial charge in [0.2, 0.25) is 5.91 Å². The van der Waals surface area contributed by atoms with Gasteiger partial charge in [-0.1, -0.05) is 40.9 Å². The zero-order valence-electron chi connectivity index (χ0n) is 31.0. The summed E-state index contributed by atoms with van der Waals surface area (Å²) in [5, 5.41) is 28.3. The second-order valence-electron chi connectivity index (χ2n) is 16.4. The van der Waals surface area contributed by atoms with Gasteiger partial charge in [0.25, 0.3) is 0 Å². The van der Waals surface area contributed by atoms with Crippen molar-refractivity contribution in [3.05, 3.63) is 0 Å². The maximum absolute atomic E-state index is 13.9. The molecule has 7 unspecified atom stereocenters. The van der Waals surface area contributed by atoms with Crippen LogP contribution in [0.15, 0.2) is 0 Å². The minimum absolute atomic E-state index is 0.0928. The molecule has 0 aromatic heterocycles. The number of carbonyl (C=O) groups is 2. The molecular weight excluding hydrogens is 689 g/mol. The maximum atomic E-state index is 13.9. The lowest BCUT2D eigenvalue weighted by Gasteiger charge is -2.48. The predicted octanol–water partition coefficient (Wildman–Crippen LogP) is 0.787. The number of quaternary nitrogens is 1. The summed E-state index contributed by atoms with van der Waals surface area (Å²) in [5.41, 5.74) is 12.5. The number of hydrogen-bond acceptors (Lipinski definition) is 11. The van der Waals surface area contributed by atoms with Gasteiger partial charge in [-0.15, -0.1) is 0 Å². The van der Waals surface area contributed by atoms with Crippen molar-refractivity contribution in [1.82, 2.24) is 10.2 Å². The molecular formula is C37H68N6O6S2+2. The van der Waals surface area contributed by atoms with Crippen LogP contribution in [0, 0.1) is 29.1 Å². The van der Waals surface area contributed by atoms with E-state index in [-0.39, 0.29) is 53.4 Å². The zero-order chi connectivity index (χ0) is 36.2. The molecule has 0 aromatic carbocycles. The molecule has 5 aliphatic rings. The van der Waals surface area contributed by atoms with E-state index in [2.05, 4.69) is 15.6 Å². The first kappa shape index (κ1) is 40.9. The van der Waals surface area contributed by atoms with Crippen LogP contribution in [0.5, 0.6) is 0 Å². The highest BCUT2D eigenvalue weighted by Gasteiger charge is 2.50. The van der Waals surface area contributed by atoms with Crippen LogP contribution in [0.25, 0.3) is 0 Å². The highest BCUT2D eigenvalue weighted by atomic mass is 33.1. The van der Waals surface area contributed by atoms with Crippen molar-refractivity contribution in [3.63, 3.8) is 0 Å². The fourth-order valence-corrected chi connectivity index (χ4v) is 11.7. The van der Waals surface area contributed by atoms with Crippen molar-refractivity contribution < 1.29 is 39.6 Å². The second kappa shape index (κ2) is 20.4. The van der Waals surface area contributed by atoms with Crippen molar-refractivity contribution in [2.24, 2.45) is 40.6 Å². The van der Waals surface area contributed by atoms with Crippen LogP contribution in [0.4, 0.5) is 0 Å². The third-order valence-corrected chi connectivity index (χ3v) is 14.5. The number of hydrogen-bond donors (Lipinski definition) is 7. The van der Waals surface area contributed by atoms with Gasteiger partial charge in [0.15, 0.2) is 0 Å². The summed E-state index contributed by atoms with van der Waals surface area (Å²) < 4.78 is 12.0. The van der Waals surface area contributed by atoms with Crippen LogP contribution < -0.4 is 27.1 Å². The number of fused-ring (bicyclic) bond motifs is 6. The molecule has 4 aliphatic heterocycles. The molecule has 4 heterocycles. The van der Waals surface area contributed by atoms with Crippen LogP contribution >= 0.6 is 21.6 Å². The molecule has 10 atom stereocenters. The van der Waals surface area contributed by atoms with E-state index >= 15 is 0 Å². The van der Waals surface area contributed by atoms with Crippen molar-refractivity contribution in [1.29, 1.82) is 0 Å². The number of aliphatic hydroxyl groups excluding tert-OH is 2. The number of amides is 1. The van der Waals surface area contributed by atoms with Crippen LogP contribution in [0.1, 0.15) is 110 Å². The molecule has 0 radical (unpaired) electrons. The summed E-state index contributed by atoms with van der Waals surface area (Å²) in [5.74, 6) is 3.12. The number of nitrogens with one attached hydrogen (secondary N) is 2. The summed E-state index contributed by atoms with van der Waals surface area (Å²) in [4.78, 5) is 31.3. The van der Waals surface area contributed by atoms with E-state index in [4.69, 9.17) is 20.9 Å². The third kappa shape index (κ3) is 12.6. The van der Waals surface area contributed by atoms with Gasteiger partial charge in [0, 0.05) is 57.6 Å². The summed E-state index contributed by atoms with van der Waals surface area (Å²) in [7, 11) is 3.61. The Balaban J connectivity index is 1.32. The Hall–Kier alpha value is -1.29. The smallest absolute Gasteiger partial charge is 0.341 e. The number of guanidine groups is 1. The van der Waals surface area contributed by atoms with E-state index in [0.717, 1.165) is 89.3 Å². The van der Waals surface area contributed by atoms with Gasteiger partial charge in [-0.3, -0.25) is 31.4 Å². The third-order valence-electron chi connectivity index (χ3n) is 12.3. The van der Waals surface area contributed by atoms with Crippen LogP contribution in [-0.2, 0) is 19.1 Å². The van der Waals surface area contributed by atoms with Gasteiger partial charge in [-0.25, -0.2) is 0 Å². The topological polar surface area (TPSA) is 191 Å². The predicted molar refractivity (Wildman–Crippen MR) is 202 cm³/mol. The average molecular weight is 757 g/mol. The number of nitrogens with zero attached hydrogens (tertiary/aromatic N) is 1. The molecule has 1 amide bonds. The fourth-order valence-electron chi connectivity index (χ4n) is 9.86. The van der Waals surface area contributed by atoms with E-state index in [1.54, 1.807) is 10.8 Å². The minimum Gasteiger partial charge on any atom is -0.462 e. The second-order valence-corrected chi connectivity index (χ2v) is 19.0. The first-order valence-corrected chi connectivity index (χ1v) is 22.5. The average Bonchev–Trinajstić information content (AvgIpc) is 3.39. The van der Waals surface area contributed by atoms with Crippen LogP contribution in [0.2, 0.25) is 0 Å². The summed E-state index contributed by atoms with van der Waals surface area (Å²) in [6, 6.07) is 0. The molecule has 1 aliphatic carbocycles. The number of rotatable bonds is 3. The van der Waals surface area contributed by atoms with Crippen molar-refractivity contribution >= 4 is 39.4 Å². The molecule has 3 saturated heterocycles. The molecule has 51 heavy (non-hydrogen) atoms. The molecule has 12 nitrogen and oxygen atoms in total. The Morgan fingerprint density at radius 2 is 1.92 bits per heavy atom. The highest BCUT2D eigenvalue weighted by Crippen LogP contribution is 2.46. The monoisotopic (exact) mass is 756 g/mol. The molecule has 1 saturated carbocycles. The van der Waals surface area contributed by atoms with E-state index in [1.807, 2.05) is 15.7 Å². The van der Waals surface area contributed by atoms with E-state index < -0.39 is 12.2 Å². The Morgan fingerprint density at radius 3 is 2.75 bits per heavy atom. The summed E-state index contributed by atoms with van der Waals surface area (Å²) in [6.07, 6.45) is 12.5. The molecule has 0 spiro atoms. The Bertz CT molecular complexity index is 1140. The number of carbonyl (C=O) groups excluding carboxylic acids is 2. The highest BCUT2D eigenvalue weighted by molar-refractivity contribution is 8.76. The Morgan fingerprint density at radius 1 is 1.08 bits per heavy atom.